The van der Waals surface area contributed by atoms with Crippen LogP contribution in [0.3, 0.4) is 0 Å². The van der Waals surface area contributed by atoms with Gasteiger partial charge >= 0.3 is 6.18 Å². The number of rotatable bonds is 4. The van der Waals surface area contributed by atoms with Crippen LogP contribution >= 0.6 is 0 Å². The van der Waals surface area contributed by atoms with E-state index in [1.807, 2.05) is 13.8 Å². The lowest BCUT2D eigenvalue weighted by atomic mass is 9.91. The molecule has 1 rings (SSSR count). The maximum absolute atomic E-state index is 12.6. The van der Waals surface area contributed by atoms with Crippen molar-refractivity contribution in [1.82, 2.24) is 5.32 Å². The van der Waals surface area contributed by atoms with Gasteiger partial charge in [0.1, 0.15) is 0 Å². The highest BCUT2D eigenvalue weighted by Gasteiger charge is 2.31. The summed E-state index contributed by atoms with van der Waals surface area (Å²) in [6, 6.07) is 5.50. The molecule has 17 heavy (non-hydrogen) atoms. The topological polar surface area (TPSA) is 12.0 Å². The highest BCUT2D eigenvalue weighted by Crippen LogP contribution is 2.32. The third kappa shape index (κ3) is 3.46. The van der Waals surface area contributed by atoms with Crippen LogP contribution in [0.2, 0.25) is 0 Å². The lowest BCUT2D eigenvalue weighted by molar-refractivity contribution is -0.137. The van der Waals surface area contributed by atoms with Crippen molar-refractivity contribution in [3.63, 3.8) is 0 Å². The summed E-state index contributed by atoms with van der Waals surface area (Å²) in [5.41, 5.74) is 0.107. The van der Waals surface area contributed by atoms with Gasteiger partial charge in [-0.3, -0.25) is 0 Å². The van der Waals surface area contributed by atoms with Crippen molar-refractivity contribution in [2.75, 3.05) is 7.05 Å². The molecule has 0 spiro atoms. The van der Waals surface area contributed by atoms with Crippen LogP contribution in [0.25, 0.3) is 0 Å². The van der Waals surface area contributed by atoms with E-state index in [4.69, 9.17) is 0 Å². The zero-order valence-electron chi connectivity index (χ0n) is 10.3. The molecule has 4 heteroatoms. The van der Waals surface area contributed by atoms with Crippen molar-refractivity contribution >= 4 is 0 Å². The van der Waals surface area contributed by atoms with Gasteiger partial charge in [0.25, 0.3) is 0 Å². The van der Waals surface area contributed by atoms with Crippen molar-refractivity contribution in [2.24, 2.45) is 5.92 Å². The fraction of sp³-hybridized carbons (Fsp3) is 0.538. The molecule has 0 aromatic heterocycles. The van der Waals surface area contributed by atoms with Gasteiger partial charge in [0.05, 0.1) is 5.56 Å². The predicted octanol–water partition coefficient (Wildman–Crippen LogP) is 4.01. The van der Waals surface area contributed by atoms with Crippen LogP contribution in [0.4, 0.5) is 13.2 Å². The van der Waals surface area contributed by atoms with Gasteiger partial charge in [0.15, 0.2) is 0 Å². The first-order valence-corrected chi connectivity index (χ1v) is 5.74. The summed E-state index contributed by atoms with van der Waals surface area (Å²) in [7, 11) is 1.77. The molecule has 0 heterocycles. The van der Waals surface area contributed by atoms with E-state index in [1.165, 1.54) is 12.1 Å². The summed E-state index contributed by atoms with van der Waals surface area (Å²) < 4.78 is 37.8. The largest absolute Gasteiger partial charge is 0.416 e. The van der Waals surface area contributed by atoms with Crippen molar-refractivity contribution in [1.29, 1.82) is 0 Å². The van der Waals surface area contributed by atoms with Crippen molar-refractivity contribution in [2.45, 2.75) is 32.5 Å². The SMILES string of the molecule is CCC(C)C(NC)c1cccc(C(F)(F)F)c1. The lowest BCUT2D eigenvalue weighted by Crippen LogP contribution is -2.23. The average molecular weight is 245 g/mol. The maximum atomic E-state index is 12.6. The van der Waals surface area contributed by atoms with Crippen LogP contribution < -0.4 is 5.32 Å². The Morgan fingerprint density at radius 1 is 1.29 bits per heavy atom. The molecular formula is C13H18F3N. The Balaban J connectivity index is 3.05. The maximum Gasteiger partial charge on any atom is 0.416 e. The van der Waals surface area contributed by atoms with Crippen LogP contribution in [-0.2, 0) is 6.18 Å². The van der Waals surface area contributed by atoms with Crippen molar-refractivity contribution in [3.05, 3.63) is 35.4 Å². The molecule has 0 bridgehead atoms. The third-order valence-corrected chi connectivity index (χ3v) is 3.10. The molecule has 0 aliphatic heterocycles. The van der Waals surface area contributed by atoms with Gasteiger partial charge in [0.2, 0.25) is 0 Å². The summed E-state index contributed by atoms with van der Waals surface area (Å²) in [6.07, 6.45) is -3.36. The van der Waals surface area contributed by atoms with E-state index in [0.29, 0.717) is 11.5 Å². The van der Waals surface area contributed by atoms with Crippen LogP contribution in [-0.4, -0.2) is 7.05 Å². The predicted molar refractivity (Wildman–Crippen MR) is 62.7 cm³/mol. The summed E-state index contributed by atoms with van der Waals surface area (Å²) in [5.74, 6) is 0.295. The number of alkyl halides is 3. The Labute approximate surface area is 100 Å². The van der Waals surface area contributed by atoms with Gasteiger partial charge in [-0.15, -0.1) is 0 Å². The van der Waals surface area contributed by atoms with E-state index >= 15 is 0 Å². The third-order valence-electron chi connectivity index (χ3n) is 3.10. The smallest absolute Gasteiger partial charge is 0.313 e. The summed E-state index contributed by atoms with van der Waals surface area (Å²) in [4.78, 5) is 0. The van der Waals surface area contributed by atoms with E-state index in [0.717, 1.165) is 12.5 Å². The first-order chi connectivity index (χ1) is 7.90. The molecule has 0 amide bonds. The van der Waals surface area contributed by atoms with Gasteiger partial charge in [-0.2, -0.15) is 13.2 Å². The first kappa shape index (κ1) is 14.0. The van der Waals surface area contributed by atoms with Crippen LogP contribution in [0.5, 0.6) is 0 Å². The minimum Gasteiger partial charge on any atom is -0.313 e. The second-order valence-corrected chi connectivity index (χ2v) is 4.28. The van der Waals surface area contributed by atoms with E-state index in [1.54, 1.807) is 13.1 Å². The molecule has 2 atom stereocenters. The first-order valence-electron chi connectivity index (χ1n) is 5.74. The van der Waals surface area contributed by atoms with E-state index in [-0.39, 0.29) is 6.04 Å². The van der Waals surface area contributed by atoms with E-state index in [9.17, 15) is 13.2 Å². The quantitative estimate of drug-likeness (QED) is 0.845. The molecule has 0 aliphatic carbocycles. The minimum atomic E-state index is -4.27. The fourth-order valence-electron chi connectivity index (χ4n) is 1.92. The fourth-order valence-corrected chi connectivity index (χ4v) is 1.92. The number of benzene rings is 1. The van der Waals surface area contributed by atoms with Crippen molar-refractivity contribution < 1.29 is 13.2 Å². The zero-order chi connectivity index (χ0) is 13.1. The van der Waals surface area contributed by atoms with E-state index in [2.05, 4.69) is 5.32 Å². The van der Waals surface area contributed by atoms with Gasteiger partial charge in [0, 0.05) is 6.04 Å². The Bertz CT molecular complexity index is 360. The number of hydrogen-bond acceptors (Lipinski definition) is 1. The molecule has 2 unspecified atom stereocenters. The normalized spacial score (nSPS) is 15.6. The molecule has 0 saturated heterocycles. The van der Waals surface area contributed by atoms with Crippen molar-refractivity contribution in [3.8, 4) is 0 Å². The Hall–Kier alpha value is -1.03. The Morgan fingerprint density at radius 3 is 2.41 bits per heavy atom. The van der Waals surface area contributed by atoms with Crippen LogP contribution in [0.1, 0.15) is 37.4 Å². The molecule has 1 aromatic carbocycles. The summed E-state index contributed by atoms with van der Waals surface area (Å²) in [5, 5.41) is 3.08. The van der Waals surface area contributed by atoms with E-state index < -0.39 is 11.7 Å². The second-order valence-electron chi connectivity index (χ2n) is 4.28. The molecule has 1 aromatic rings. The highest BCUT2D eigenvalue weighted by atomic mass is 19.4. The Morgan fingerprint density at radius 2 is 1.94 bits per heavy atom. The molecular weight excluding hydrogens is 227 g/mol. The van der Waals surface area contributed by atoms with Gasteiger partial charge in [-0.05, 0) is 30.7 Å². The van der Waals surface area contributed by atoms with Crippen LogP contribution in [0.15, 0.2) is 24.3 Å². The number of nitrogens with one attached hydrogen (secondary N) is 1. The molecule has 1 N–H and O–H groups in total. The molecule has 0 fully saturated rings. The number of halogens is 3. The highest BCUT2D eigenvalue weighted by molar-refractivity contribution is 5.28. The van der Waals surface area contributed by atoms with Gasteiger partial charge in [-0.1, -0.05) is 32.4 Å². The van der Waals surface area contributed by atoms with Gasteiger partial charge in [-0.25, -0.2) is 0 Å². The molecule has 0 radical (unpaired) electrons. The monoisotopic (exact) mass is 245 g/mol. The zero-order valence-corrected chi connectivity index (χ0v) is 10.3. The summed E-state index contributed by atoms with van der Waals surface area (Å²) >= 11 is 0. The van der Waals surface area contributed by atoms with Gasteiger partial charge < -0.3 is 5.32 Å². The minimum absolute atomic E-state index is 0.0395. The average Bonchev–Trinajstić information content (AvgIpc) is 2.29. The Kier molecular flexibility index (Phi) is 4.57. The van der Waals surface area contributed by atoms with Crippen LogP contribution in [0, 0.1) is 5.92 Å². The second kappa shape index (κ2) is 5.54. The number of hydrogen-bond donors (Lipinski definition) is 1. The lowest BCUT2D eigenvalue weighted by Gasteiger charge is -2.23. The molecule has 96 valence electrons. The summed E-state index contributed by atoms with van der Waals surface area (Å²) in [6.45, 7) is 4.06. The molecule has 1 nitrogen and oxygen atoms in total. The molecule has 0 aliphatic rings. The molecule has 0 saturated carbocycles. The standard InChI is InChI=1S/C13H18F3N/c1-4-9(2)12(17-3)10-6-5-7-11(8-10)13(14,15)16/h5-9,12,17H,4H2,1-3H3.